The molecule has 0 saturated heterocycles. The predicted molar refractivity (Wildman–Crippen MR) is 76.2 cm³/mol. The Hall–Kier alpha value is -0.760. The summed E-state index contributed by atoms with van der Waals surface area (Å²) in [5.74, 6) is 0.434. The molecule has 0 amide bonds. The number of thiazole rings is 1. The van der Waals surface area contributed by atoms with Gasteiger partial charge < -0.3 is 5.73 Å². The summed E-state index contributed by atoms with van der Waals surface area (Å²) in [7, 11) is 0. The SMILES string of the molecule is NC(CSc1ccccc1Cl)c1cnc(C(F)(F)F)s1. The summed E-state index contributed by atoms with van der Waals surface area (Å²) in [4.78, 5) is 4.63. The Balaban J connectivity index is 2.00. The van der Waals surface area contributed by atoms with E-state index in [4.69, 9.17) is 17.3 Å². The summed E-state index contributed by atoms with van der Waals surface area (Å²) < 4.78 is 37.4. The van der Waals surface area contributed by atoms with Crippen molar-refractivity contribution in [1.82, 2.24) is 4.98 Å². The number of alkyl halides is 3. The molecule has 8 heteroatoms. The van der Waals surface area contributed by atoms with Crippen LogP contribution in [0.15, 0.2) is 35.4 Å². The summed E-state index contributed by atoms with van der Waals surface area (Å²) in [5.41, 5.74) is 5.89. The van der Waals surface area contributed by atoms with E-state index in [1.54, 1.807) is 6.07 Å². The van der Waals surface area contributed by atoms with Crippen LogP contribution >= 0.6 is 34.7 Å². The molecule has 0 aliphatic heterocycles. The van der Waals surface area contributed by atoms with Gasteiger partial charge in [0.1, 0.15) is 0 Å². The third-order valence-corrected chi connectivity index (χ3v) is 5.20. The molecule has 0 aliphatic rings. The summed E-state index contributed by atoms with van der Waals surface area (Å²) in [5, 5.41) is -0.268. The Morgan fingerprint density at radius 1 is 1.35 bits per heavy atom. The fourth-order valence-electron chi connectivity index (χ4n) is 1.41. The van der Waals surface area contributed by atoms with Gasteiger partial charge in [0.25, 0.3) is 0 Å². The number of aromatic nitrogens is 1. The van der Waals surface area contributed by atoms with Gasteiger partial charge in [-0.25, -0.2) is 4.98 Å². The number of rotatable bonds is 4. The van der Waals surface area contributed by atoms with Crippen LogP contribution in [-0.4, -0.2) is 10.7 Å². The van der Waals surface area contributed by atoms with E-state index >= 15 is 0 Å². The van der Waals surface area contributed by atoms with Crippen molar-refractivity contribution < 1.29 is 13.2 Å². The van der Waals surface area contributed by atoms with Gasteiger partial charge >= 0.3 is 6.18 Å². The van der Waals surface area contributed by atoms with Crippen molar-refractivity contribution in [2.24, 2.45) is 5.73 Å². The molecule has 0 fully saturated rings. The summed E-state index contributed by atoms with van der Waals surface area (Å²) in [6, 6.07) is 6.74. The van der Waals surface area contributed by atoms with Gasteiger partial charge in [-0.1, -0.05) is 23.7 Å². The first-order chi connectivity index (χ1) is 9.38. The maximum absolute atomic E-state index is 12.5. The Labute approximate surface area is 127 Å². The second-order valence-electron chi connectivity index (χ2n) is 3.91. The van der Waals surface area contributed by atoms with Crippen molar-refractivity contribution in [3.05, 3.63) is 45.4 Å². The van der Waals surface area contributed by atoms with E-state index in [0.29, 0.717) is 27.0 Å². The minimum absolute atomic E-state index is 0.414. The average molecular weight is 339 g/mol. The number of thioether (sulfide) groups is 1. The highest BCUT2D eigenvalue weighted by atomic mass is 35.5. The molecule has 0 spiro atoms. The van der Waals surface area contributed by atoms with E-state index < -0.39 is 17.2 Å². The molecular formula is C12H10ClF3N2S2. The lowest BCUT2D eigenvalue weighted by molar-refractivity contribution is -0.137. The molecule has 108 valence electrons. The molecule has 2 rings (SSSR count). The zero-order valence-electron chi connectivity index (χ0n) is 10.0. The lowest BCUT2D eigenvalue weighted by atomic mass is 10.3. The fourth-order valence-corrected chi connectivity index (χ4v) is 3.52. The first-order valence-electron chi connectivity index (χ1n) is 5.54. The molecule has 1 heterocycles. The molecule has 2 aromatic rings. The number of halogens is 4. The highest BCUT2D eigenvalue weighted by Crippen LogP contribution is 2.35. The standard InChI is InChI=1S/C12H10ClF3N2S2/c13-7-3-1-2-4-9(7)19-6-8(17)10-5-18-11(20-10)12(14,15)16/h1-5,8H,6,17H2. The Bertz CT molecular complexity index is 586. The minimum atomic E-state index is -4.42. The maximum atomic E-state index is 12.5. The molecule has 2 nitrogen and oxygen atoms in total. The maximum Gasteiger partial charge on any atom is 0.443 e. The van der Waals surface area contributed by atoms with Gasteiger partial charge in [0, 0.05) is 21.7 Å². The molecule has 0 bridgehead atoms. The zero-order chi connectivity index (χ0) is 14.8. The lowest BCUT2D eigenvalue weighted by Gasteiger charge is -2.09. The molecule has 20 heavy (non-hydrogen) atoms. The molecule has 0 saturated carbocycles. The number of hydrogen-bond acceptors (Lipinski definition) is 4. The van der Waals surface area contributed by atoms with Crippen LogP contribution in [0.4, 0.5) is 13.2 Å². The normalized spacial score (nSPS) is 13.4. The van der Waals surface area contributed by atoms with Crippen molar-refractivity contribution >= 4 is 34.7 Å². The van der Waals surface area contributed by atoms with Crippen molar-refractivity contribution in [3.8, 4) is 0 Å². The van der Waals surface area contributed by atoms with Crippen LogP contribution in [0, 0.1) is 0 Å². The van der Waals surface area contributed by atoms with Crippen LogP contribution in [0.25, 0.3) is 0 Å². The quantitative estimate of drug-likeness (QED) is 0.827. The van der Waals surface area contributed by atoms with E-state index in [2.05, 4.69) is 4.98 Å². The summed E-state index contributed by atoms with van der Waals surface area (Å²) in [6.45, 7) is 0. The van der Waals surface area contributed by atoms with Crippen LogP contribution < -0.4 is 5.73 Å². The second-order valence-corrected chi connectivity index (χ2v) is 6.44. The predicted octanol–water partition coefficient (Wildman–Crippen LogP) is 4.61. The smallest absolute Gasteiger partial charge is 0.323 e. The summed E-state index contributed by atoms with van der Waals surface area (Å²) >= 11 is 7.98. The number of hydrogen-bond donors (Lipinski definition) is 1. The van der Waals surface area contributed by atoms with Gasteiger partial charge in [-0.2, -0.15) is 13.2 Å². The third-order valence-electron chi connectivity index (χ3n) is 2.39. The largest absolute Gasteiger partial charge is 0.443 e. The van der Waals surface area contributed by atoms with Crippen molar-refractivity contribution in [2.75, 3.05) is 5.75 Å². The summed E-state index contributed by atoms with van der Waals surface area (Å²) in [6.07, 6.45) is -3.23. The van der Waals surface area contributed by atoms with Gasteiger partial charge in [0.2, 0.25) is 0 Å². The highest BCUT2D eigenvalue weighted by Gasteiger charge is 2.35. The second kappa shape index (κ2) is 6.34. The lowest BCUT2D eigenvalue weighted by Crippen LogP contribution is -2.11. The third kappa shape index (κ3) is 3.88. The molecule has 1 aromatic heterocycles. The van der Waals surface area contributed by atoms with E-state index in [9.17, 15) is 13.2 Å². The van der Waals surface area contributed by atoms with Crippen LogP contribution in [0.2, 0.25) is 5.02 Å². The molecule has 0 radical (unpaired) electrons. The number of benzene rings is 1. The first kappa shape index (κ1) is 15.6. The van der Waals surface area contributed by atoms with Gasteiger partial charge in [0.05, 0.1) is 11.1 Å². The van der Waals surface area contributed by atoms with E-state index in [1.165, 1.54) is 18.0 Å². The molecule has 1 atom stereocenters. The first-order valence-corrected chi connectivity index (χ1v) is 7.72. The van der Waals surface area contributed by atoms with Crippen LogP contribution in [0.1, 0.15) is 15.9 Å². The van der Waals surface area contributed by atoms with Crippen LogP contribution in [0.3, 0.4) is 0 Å². The van der Waals surface area contributed by atoms with Crippen molar-refractivity contribution in [3.63, 3.8) is 0 Å². The van der Waals surface area contributed by atoms with Gasteiger partial charge in [-0.15, -0.1) is 23.1 Å². The van der Waals surface area contributed by atoms with Crippen molar-refractivity contribution in [2.45, 2.75) is 17.1 Å². The van der Waals surface area contributed by atoms with Gasteiger partial charge in [-0.05, 0) is 12.1 Å². The number of nitrogens with two attached hydrogens (primary N) is 1. The molecule has 1 unspecified atom stereocenters. The minimum Gasteiger partial charge on any atom is -0.323 e. The molecule has 0 aliphatic carbocycles. The monoisotopic (exact) mass is 338 g/mol. The number of nitrogens with zero attached hydrogens (tertiary/aromatic N) is 1. The van der Waals surface area contributed by atoms with Crippen LogP contribution in [-0.2, 0) is 6.18 Å². The Morgan fingerprint density at radius 2 is 2.05 bits per heavy atom. The fraction of sp³-hybridized carbons (Fsp3) is 0.250. The van der Waals surface area contributed by atoms with E-state index in [0.717, 1.165) is 4.90 Å². The molecule has 2 N–H and O–H groups in total. The highest BCUT2D eigenvalue weighted by molar-refractivity contribution is 7.99. The Morgan fingerprint density at radius 3 is 2.65 bits per heavy atom. The topological polar surface area (TPSA) is 38.9 Å². The van der Waals surface area contributed by atoms with E-state index in [1.807, 2.05) is 18.2 Å². The average Bonchev–Trinajstić information content (AvgIpc) is 2.87. The van der Waals surface area contributed by atoms with Gasteiger partial charge in [0.15, 0.2) is 5.01 Å². The van der Waals surface area contributed by atoms with Crippen molar-refractivity contribution in [1.29, 1.82) is 0 Å². The van der Waals surface area contributed by atoms with Gasteiger partial charge in [-0.3, -0.25) is 0 Å². The molecular weight excluding hydrogens is 329 g/mol. The Kier molecular flexibility index (Phi) is 4.95. The zero-order valence-corrected chi connectivity index (χ0v) is 12.4. The van der Waals surface area contributed by atoms with Crippen LogP contribution in [0.5, 0.6) is 0 Å². The van der Waals surface area contributed by atoms with E-state index in [-0.39, 0.29) is 0 Å². The molecule has 1 aromatic carbocycles.